The lowest BCUT2D eigenvalue weighted by atomic mass is 9.88. The van der Waals surface area contributed by atoms with Crippen molar-refractivity contribution in [3.63, 3.8) is 0 Å². The van der Waals surface area contributed by atoms with E-state index in [1.807, 2.05) is 36.4 Å². The summed E-state index contributed by atoms with van der Waals surface area (Å²) in [4.78, 5) is 0. The smallest absolute Gasteiger partial charge is 0.120 e. The first kappa shape index (κ1) is 14.9. The molecule has 0 spiro atoms. The van der Waals surface area contributed by atoms with Gasteiger partial charge in [-0.1, -0.05) is 45.7 Å². The summed E-state index contributed by atoms with van der Waals surface area (Å²) in [6.07, 6.45) is 2.56. The van der Waals surface area contributed by atoms with Crippen LogP contribution in [0.5, 0.6) is 5.75 Å². The molecule has 0 heterocycles. The average molecular weight is 368 g/mol. The Morgan fingerprint density at radius 3 is 2.67 bits per heavy atom. The van der Waals surface area contributed by atoms with Crippen molar-refractivity contribution in [2.24, 2.45) is 0 Å². The molecule has 1 aliphatic carbocycles. The van der Waals surface area contributed by atoms with Crippen molar-refractivity contribution in [1.29, 1.82) is 0 Å². The molecule has 0 aromatic heterocycles. The lowest BCUT2D eigenvalue weighted by Gasteiger charge is -2.26. The third-order valence-electron chi connectivity index (χ3n) is 3.68. The van der Waals surface area contributed by atoms with Gasteiger partial charge in [0.15, 0.2) is 0 Å². The second kappa shape index (κ2) is 5.64. The molecule has 0 radical (unpaired) electrons. The molecule has 0 bridgehead atoms. The van der Waals surface area contributed by atoms with E-state index in [0.717, 1.165) is 28.6 Å². The second-order valence-electron chi connectivity index (χ2n) is 5.54. The fourth-order valence-corrected chi connectivity index (χ4v) is 3.15. The second-order valence-corrected chi connectivity index (χ2v) is 6.86. The van der Waals surface area contributed by atoms with Gasteiger partial charge < -0.3 is 9.84 Å². The van der Waals surface area contributed by atoms with Gasteiger partial charge in [0.1, 0.15) is 11.4 Å². The zero-order valence-electron chi connectivity index (χ0n) is 11.6. The summed E-state index contributed by atoms with van der Waals surface area (Å²) in [5.74, 6) is 0.795. The highest BCUT2D eigenvalue weighted by molar-refractivity contribution is 9.10. The largest absolute Gasteiger partial charge is 0.490 e. The molecule has 1 aliphatic rings. The van der Waals surface area contributed by atoms with Crippen LogP contribution >= 0.6 is 27.5 Å². The Labute approximate surface area is 137 Å². The van der Waals surface area contributed by atoms with Crippen molar-refractivity contribution in [2.75, 3.05) is 0 Å². The Morgan fingerprint density at radius 1 is 1.24 bits per heavy atom. The average Bonchev–Trinajstić information content (AvgIpc) is 3.22. The van der Waals surface area contributed by atoms with E-state index in [1.54, 1.807) is 13.0 Å². The first-order valence-electron chi connectivity index (χ1n) is 6.92. The van der Waals surface area contributed by atoms with E-state index in [1.165, 1.54) is 0 Å². The first-order chi connectivity index (χ1) is 9.96. The quantitative estimate of drug-likeness (QED) is 0.833. The van der Waals surface area contributed by atoms with Crippen LogP contribution in [-0.2, 0) is 5.60 Å². The Hall–Kier alpha value is -1.03. The van der Waals surface area contributed by atoms with Crippen LogP contribution < -0.4 is 4.74 Å². The SMILES string of the molecule is CC(O)(c1cccc(OC2CC2)c1)c1ccc(Br)cc1Cl. The molecule has 2 aromatic rings. The van der Waals surface area contributed by atoms with Crippen LogP contribution in [0.25, 0.3) is 0 Å². The number of halogens is 2. The van der Waals surface area contributed by atoms with Gasteiger partial charge in [-0.05, 0) is 49.6 Å². The van der Waals surface area contributed by atoms with Crippen LogP contribution in [0.3, 0.4) is 0 Å². The van der Waals surface area contributed by atoms with Crippen LogP contribution in [0.1, 0.15) is 30.9 Å². The number of benzene rings is 2. The minimum atomic E-state index is -1.17. The number of ether oxygens (including phenoxy) is 1. The van der Waals surface area contributed by atoms with Gasteiger partial charge in [-0.3, -0.25) is 0 Å². The molecular weight excluding hydrogens is 352 g/mol. The maximum absolute atomic E-state index is 10.9. The monoisotopic (exact) mass is 366 g/mol. The number of aliphatic hydroxyl groups is 1. The topological polar surface area (TPSA) is 29.5 Å². The summed E-state index contributed by atoms with van der Waals surface area (Å²) >= 11 is 9.66. The maximum atomic E-state index is 10.9. The Morgan fingerprint density at radius 2 is 2.00 bits per heavy atom. The van der Waals surface area contributed by atoms with Crippen LogP contribution in [0.4, 0.5) is 0 Å². The van der Waals surface area contributed by atoms with Gasteiger partial charge in [0.05, 0.1) is 6.10 Å². The summed E-state index contributed by atoms with van der Waals surface area (Å²) in [6, 6.07) is 13.1. The predicted octanol–water partition coefficient (Wildman–Crippen LogP) is 4.90. The molecule has 110 valence electrons. The molecule has 1 N–H and O–H groups in total. The Bertz CT molecular complexity index is 666. The number of hydrogen-bond donors (Lipinski definition) is 1. The molecule has 2 nitrogen and oxygen atoms in total. The van der Waals surface area contributed by atoms with E-state index in [2.05, 4.69) is 15.9 Å². The van der Waals surface area contributed by atoms with E-state index in [-0.39, 0.29) is 0 Å². The normalized spacial score (nSPS) is 17.3. The highest BCUT2D eigenvalue weighted by Crippen LogP contribution is 2.37. The predicted molar refractivity (Wildman–Crippen MR) is 87.9 cm³/mol. The third kappa shape index (κ3) is 3.25. The maximum Gasteiger partial charge on any atom is 0.120 e. The zero-order valence-corrected chi connectivity index (χ0v) is 14.0. The zero-order chi connectivity index (χ0) is 15.0. The van der Waals surface area contributed by atoms with Gasteiger partial charge in [-0.15, -0.1) is 0 Å². The van der Waals surface area contributed by atoms with E-state index in [4.69, 9.17) is 16.3 Å². The highest BCUT2D eigenvalue weighted by Gasteiger charge is 2.29. The molecule has 2 aromatic carbocycles. The summed E-state index contributed by atoms with van der Waals surface area (Å²) in [6.45, 7) is 1.75. The van der Waals surface area contributed by atoms with Gasteiger partial charge in [-0.2, -0.15) is 0 Å². The van der Waals surface area contributed by atoms with Gasteiger partial charge in [0.25, 0.3) is 0 Å². The number of rotatable bonds is 4. The summed E-state index contributed by atoms with van der Waals surface area (Å²) in [5.41, 5.74) is 0.279. The molecule has 21 heavy (non-hydrogen) atoms. The molecule has 4 heteroatoms. The standard InChI is InChI=1S/C17H16BrClO2/c1-17(20,15-8-5-12(18)10-16(15)19)11-3-2-4-14(9-11)21-13-6-7-13/h2-5,8-10,13,20H,6-7H2,1H3. The molecule has 0 amide bonds. The van der Waals surface area contributed by atoms with Gasteiger partial charge in [0, 0.05) is 15.1 Å². The minimum absolute atomic E-state index is 0.335. The lowest BCUT2D eigenvalue weighted by molar-refractivity contribution is 0.102. The van der Waals surface area contributed by atoms with Crippen molar-refractivity contribution in [3.05, 3.63) is 63.1 Å². The molecule has 1 fully saturated rings. The Balaban J connectivity index is 1.96. The lowest BCUT2D eigenvalue weighted by Crippen LogP contribution is -2.23. The van der Waals surface area contributed by atoms with E-state index < -0.39 is 5.60 Å². The van der Waals surface area contributed by atoms with Crippen molar-refractivity contribution in [1.82, 2.24) is 0 Å². The molecule has 0 aliphatic heterocycles. The minimum Gasteiger partial charge on any atom is -0.490 e. The van der Waals surface area contributed by atoms with Gasteiger partial charge in [0.2, 0.25) is 0 Å². The summed E-state index contributed by atoms with van der Waals surface area (Å²) in [7, 11) is 0. The first-order valence-corrected chi connectivity index (χ1v) is 8.09. The molecule has 1 unspecified atom stereocenters. The van der Waals surface area contributed by atoms with E-state index in [9.17, 15) is 5.11 Å². The fourth-order valence-electron chi connectivity index (χ4n) is 2.29. The van der Waals surface area contributed by atoms with E-state index >= 15 is 0 Å². The highest BCUT2D eigenvalue weighted by atomic mass is 79.9. The van der Waals surface area contributed by atoms with Crippen LogP contribution in [0.2, 0.25) is 5.02 Å². The van der Waals surface area contributed by atoms with Crippen molar-refractivity contribution >= 4 is 27.5 Å². The summed E-state index contributed by atoms with van der Waals surface area (Å²) in [5, 5.41) is 11.5. The van der Waals surface area contributed by atoms with Gasteiger partial charge >= 0.3 is 0 Å². The van der Waals surface area contributed by atoms with Crippen molar-refractivity contribution < 1.29 is 9.84 Å². The van der Waals surface area contributed by atoms with E-state index in [0.29, 0.717) is 16.7 Å². The van der Waals surface area contributed by atoms with Crippen molar-refractivity contribution in [2.45, 2.75) is 31.5 Å². The molecule has 3 rings (SSSR count). The summed E-state index contributed by atoms with van der Waals surface area (Å²) < 4.78 is 6.68. The molecule has 1 saturated carbocycles. The fraction of sp³-hybridized carbons (Fsp3) is 0.294. The van der Waals surface area contributed by atoms with Gasteiger partial charge in [-0.25, -0.2) is 0 Å². The third-order valence-corrected chi connectivity index (χ3v) is 4.48. The van der Waals surface area contributed by atoms with Crippen LogP contribution in [0.15, 0.2) is 46.9 Å². The molecular formula is C17H16BrClO2. The Kier molecular flexibility index (Phi) is 4.00. The molecule has 1 atom stereocenters. The van der Waals surface area contributed by atoms with Crippen molar-refractivity contribution in [3.8, 4) is 5.75 Å². The van der Waals surface area contributed by atoms with Crippen LogP contribution in [0, 0.1) is 0 Å². The van der Waals surface area contributed by atoms with Crippen LogP contribution in [-0.4, -0.2) is 11.2 Å². The molecule has 0 saturated heterocycles. The number of hydrogen-bond acceptors (Lipinski definition) is 2.